The van der Waals surface area contributed by atoms with E-state index in [1.54, 1.807) is 18.2 Å². The molecule has 4 rings (SSSR count). The molecule has 0 spiro atoms. The number of aryl methyl sites for hydroxylation is 1. The van der Waals surface area contributed by atoms with Gasteiger partial charge < -0.3 is 10.2 Å². The van der Waals surface area contributed by atoms with Gasteiger partial charge in [-0.25, -0.2) is 8.42 Å². The molecular formula is C35H38N4O6S. The number of rotatable bonds is 15. The second-order valence-electron chi connectivity index (χ2n) is 10.9. The van der Waals surface area contributed by atoms with Crippen LogP contribution in [0.5, 0.6) is 0 Å². The van der Waals surface area contributed by atoms with E-state index < -0.39 is 33.4 Å². The molecule has 4 aromatic rings. The number of unbranched alkanes of at least 4 members (excludes halogenated alkanes) is 1. The highest BCUT2D eigenvalue weighted by Crippen LogP contribution is 2.27. The zero-order chi connectivity index (χ0) is 33.1. The number of amides is 2. The third kappa shape index (κ3) is 8.57. The largest absolute Gasteiger partial charge is 0.354 e. The molecule has 10 nitrogen and oxygen atoms in total. The van der Waals surface area contributed by atoms with Crippen molar-refractivity contribution in [3.63, 3.8) is 0 Å². The highest BCUT2D eigenvalue weighted by molar-refractivity contribution is 7.92. The number of sulfonamides is 1. The van der Waals surface area contributed by atoms with Gasteiger partial charge in [-0.15, -0.1) is 0 Å². The maximum Gasteiger partial charge on any atom is 0.269 e. The van der Waals surface area contributed by atoms with Crippen LogP contribution in [0.4, 0.5) is 11.4 Å². The van der Waals surface area contributed by atoms with E-state index in [9.17, 15) is 28.1 Å². The van der Waals surface area contributed by atoms with Crippen molar-refractivity contribution in [2.24, 2.45) is 0 Å². The monoisotopic (exact) mass is 642 g/mol. The molecule has 2 amide bonds. The number of hydrogen-bond donors (Lipinski definition) is 1. The first-order valence-electron chi connectivity index (χ1n) is 15.1. The number of nitrogens with one attached hydrogen (secondary N) is 1. The minimum atomic E-state index is -4.30. The Bertz CT molecular complexity index is 1730. The Hall–Kier alpha value is -5.03. The van der Waals surface area contributed by atoms with Gasteiger partial charge in [0.2, 0.25) is 11.8 Å². The Morgan fingerprint density at radius 3 is 2.09 bits per heavy atom. The molecule has 0 aliphatic rings. The topological polar surface area (TPSA) is 130 Å². The first kappa shape index (κ1) is 33.9. The summed E-state index contributed by atoms with van der Waals surface area (Å²) in [6.07, 6.45) is 1.84. The number of nitro benzene ring substituents is 1. The van der Waals surface area contributed by atoms with Crippen molar-refractivity contribution in [3.8, 4) is 0 Å². The van der Waals surface area contributed by atoms with E-state index >= 15 is 0 Å². The smallest absolute Gasteiger partial charge is 0.269 e. The summed E-state index contributed by atoms with van der Waals surface area (Å²) in [6.45, 7) is 3.78. The third-order valence-corrected chi connectivity index (χ3v) is 9.45. The summed E-state index contributed by atoms with van der Waals surface area (Å²) in [7, 11) is -4.30. The molecule has 0 radical (unpaired) electrons. The average Bonchev–Trinajstić information content (AvgIpc) is 3.06. The molecule has 1 atom stereocenters. The molecule has 46 heavy (non-hydrogen) atoms. The molecular weight excluding hydrogens is 604 g/mol. The predicted molar refractivity (Wildman–Crippen MR) is 178 cm³/mol. The zero-order valence-electron chi connectivity index (χ0n) is 25.9. The van der Waals surface area contributed by atoms with Crippen LogP contribution in [0.15, 0.2) is 114 Å². The summed E-state index contributed by atoms with van der Waals surface area (Å²) in [5.41, 5.74) is 2.41. The fraction of sp³-hybridized carbons (Fsp3) is 0.257. The molecule has 0 aromatic heterocycles. The first-order chi connectivity index (χ1) is 22.1. The van der Waals surface area contributed by atoms with Crippen LogP contribution in [0.2, 0.25) is 0 Å². The van der Waals surface area contributed by atoms with Crippen molar-refractivity contribution in [2.75, 3.05) is 17.4 Å². The Morgan fingerprint density at radius 2 is 1.48 bits per heavy atom. The van der Waals surface area contributed by atoms with Crippen LogP contribution < -0.4 is 9.62 Å². The summed E-state index contributed by atoms with van der Waals surface area (Å²) in [5.74, 6) is -0.945. The molecule has 4 aromatic carbocycles. The standard InChI is InChI=1S/C35H38N4O6S/c1-3-4-23-36-35(41)33(24-28-14-7-5-8-15-28)37(25-29-16-12-11-13-27(29)2)34(40)26-38(30-19-21-31(22-20-30)39(42)43)46(44,45)32-17-9-6-10-18-32/h5-22,33H,3-4,23-26H2,1-2H3,(H,36,41)/t33-/m0/s1. The van der Waals surface area contributed by atoms with Crippen molar-refractivity contribution >= 4 is 33.2 Å². The molecule has 240 valence electrons. The van der Waals surface area contributed by atoms with E-state index in [2.05, 4.69) is 5.32 Å². The lowest BCUT2D eigenvalue weighted by Gasteiger charge is -2.34. The molecule has 0 aliphatic carbocycles. The Kier molecular flexibility index (Phi) is 11.6. The van der Waals surface area contributed by atoms with Gasteiger partial charge >= 0.3 is 0 Å². The second kappa shape index (κ2) is 15.8. The SMILES string of the molecule is CCCCNC(=O)[C@H](Cc1ccccc1)N(Cc1ccccc1C)C(=O)CN(c1ccc([N+](=O)[O-])cc1)S(=O)(=O)c1ccccc1. The minimum absolute atomic E-state index is 0.0512. The molecule has 0 saturated heterocycles. The van der Waals surface area contributed by atoms with Gasteiger partial charge in [0.25, 0.3) is 15.7 Å². The molecule has 0 unspecified atom stereocenters. The number of non-ortho nitro benzene ring substituents is 1. The van der Waals surface area contributed by atoms with E-state index in [1.807, 2.05) is 68.4 Å². The molecule has 0 bridgehead atoms. The number of carbonyl (C=O) groups excluding carboxylic acids is 2. The predicted octanol–water partition coefficient (Wildman–Crippen LogP) is 5.65. The van der Waals surface area contributed by atoms with Crippen molar-refractivity contribution in [1.82, 2.24) is 10.2 Å². The molecule has 11 heteroatoms. The van der Waals surface area contributed by atoms with Gasteiger partial charge in [-0.3, -0.25) is 24.0 Å². The van der Waals surface area contributed by atoms with Gasteiger partial charge in [-0.05, 0) is 54.3 Å². The number of benzene rings is 4. The van der Waals surface area contributed by atoms with Crippen molar-refractivity contribution < 1.29 is 22.9 Å². The summed E-state index contributed by atoms with van der Waals surface area (Å²) >= 11 is 0. The van der Waals surface area contributed by atoms with E-state index in [1.165, 1.54) is 41.3 Å². The normalized spacial score (nSPS) is 11.8. The third-order valence-electron chi connectivity index (χ3n) is 7.66. The van der Waals surface area contributed by atoms with E-state index in [4.69, 9.17) is 0 Å². The van der Waals surface area contributed by atoms with Gasteiger partial charge in [-0.2, -0.15) is 0 Å². The zero-order valence-corrected chi connectivity index (χ0v) is 26.7. The second-order valence-corrected chi connectivity index (χ2v) is 12.8. The van der Waals surface area contributed by atoms with Gasteiger partial charge in [0, 0.05) is 31.6 Å². The van der Waals surface area contributed by atoms with Crippen LogP contribution in [0.3, 0.4) is 0 Å². The Morgan fingerprint density at radius 1 is 0.870 bits per heavy atom. The van der Waals surface area contributed by atoms with Gasteiger partial charge in [-0.1, -0.05) is 86.1 Å². The molecule has 0 heterocycles. The highest BCUT2D eigenvalue weighted by atomic mass is 32.2. The van der Waals surface area contributed by atoms with Gasteiger partial charge in [0.05, 0.1) is 15.5 Å². The van der Waals surface area contributed by atoms with E-state index in [0.717, 1.165) is 33.8 Å². The van der Waals surface area contributed by atoms with Crippen molar-refractivity contribution in [1.29, 1.82) is 0 Å². The number of nitro groups is 1. The van der Waals surface area contributed by atoms with Crippen LogP contribution in [0.25, 0.3) is 0 Å². The fourth-order valence-electron chi connectivity index (χ4n) is 5.02. The van der Waals surface area contributed by atoms with Crippen LogP contribution in [0.1, 0.15) is 36.5 Å². The number of anilines is 1. The average molecular weight is 643 g/mol. The lowest BCUT2D eigenvalue weighted by molar-refractivity contribution is -0.384. The van der Waals surface area contributed by atoms with Crippen molar-refractivity contribution in [2.45, 2.75) is 50.6 Å². The summed E-state index contributed by atoms with van der Waals surface area (Å²) < 4.78 is 29.0. The number of hydrogen-bond acceptors (Lipinski definition) is 6. The Labute approximate surface area is 269 Å². The Balaban J connectivity index is 1.80. The van der Waals surface area contributed by atoms with Crippen LogP contribution in [-0.2, 0) is 32.6 Å². The highest BCUT2D eigenvalue weighted by Gasteiger charge is 2.34. The molecule has 0 aliphatic heterocycles. The fourth-order valence-corrected chi connectivity index (χ4v) is 6.46. The minimum Gasteiger partial charge on any atom is -0.354 e. The van der Waals surface area contributed by atoms with Gasteiger partial charge in [0.1, 0.15) is 12.6 Å². The van der Waals surface area contributed by atoms with E-state index in [-0.39, 0.29) is 35.1 Å². The lowest BCUT2D eigenvalue weighted by Crippen LogP contribution is -2.53. The van der Waals surface area contributed by atoms with Gasteiger partial charge in [0.15, 0.2) is 0 Å². The van der Waals surface area contributed by atoms with E-state index in [0.29, 0.717) is 6.54 Å². The maximum atomic E-state index is 14.5. The van der Waals surface area contributed by atoms with Crippen LogP contribution in [-0.4, -0.2) is 49.2 Å². The molecule has 0 fully saturated rings. The summed E-state index contributed by atoms with van der Waals surface area (Å²) in [5, 5.41) is 14.3. The van der Waals surface area contributed by atoms with Crippen molar-refractivity contribution in [3.05, 3.63) is 136 Å². The van der Waals surface area contributed by atoms with Crippen LogP contribution >= 0.6 is 0 Å². The number of carbonyl (C=O) groups is 2. The summed E-state index contributed by atoms with van der Waals surface area (Å²) in [6, 6.07) is 28.6. The number of nitrogens with zero attached hydrogens (tertiary/aromatic N) is 3. The molecule has 1 N–H and O–H groups in total. The quantitative estimate of drug-likeness (QED) is 0.101. The maximum absolute atomic E-state index is 14.5. The first-order valence-corrected chi connectivity index (χ1v) is 16.5. The molecule has 0 saturated carbocycles. The lowest BCUT2D eigenvalue weighted by atomic mass is 10.0. The van der Waals surface area contributed by atoms with Crippen LogP contribution in [0, 0.1) is 17.0 Å². The summed E-state index contributed by atoms with van der Waals surface area (Å²) in [4.78, 5) is 40.4.